The number of imidazole rings is 1. The molecule has 3 atom stereocenters. The molecule has 11 nitrogen and oxygen atoms in total. The molecule has 2 fully saturated rings. The molecule has 3 N–H and O–H groups in total. The average Bonchev–Trinajstić information content (AvgIpc) is 3.28. The van der Waals surface area contributed by atoms with Gasteiger partial charge in [0.05, 0.1) is 25.5 Å². The van der Waals surface area contributed by atoms with Crippen molar-refractivity contribution in [2.24, 2.45) is 0 Å². The van der Waals surface area contributed by atoms with Gasteiger partial charge in [-0.3, -0.25) is 14.5 Å². The van der Waals surface area contributed by atoms with Crippen molar-refractivity contribution in [3.8, 4) is 0 Å². The topological polar surface area (TPSA) is 137 Å². The summed E-state index contributed by atoms with van der Waals surface area (Å²) in [5.41, 5.74) is 1.50. The van der Waals surface area contributed by atoms with Crippen LogP contribution in [0.4, 0.5) is 5.82 Å². The predicted octanol–water partition coefficient (Wildman–Crippen LogP) is -0.214. The van der Waals surface area contributed by atoms with Crippen molar-refractivity contribution in [2.45, 2.75) is 31.0 Å². The van der Waals surface area contributed by atoms with Crippen molar-refractivity contribution in [3.63, 3.8) is 0 Å². The summed E-state index contributed by atoms with van der Waals surface area (Å²) in [6, 6.07) is 0.681. The maximum atomic E-state index is 11.9. The molecule has 0 unspecified atom stereocenters. The number of carbonyl (C=O) groups is 2. The first-order valence-corrected chi connectivity index (χ1v) is 9.06. The minimum Gasteiger partial charge on any atom is -0.483 e. The van der Waals surface area contributed by atoms with Crippen molar-refractivity contribution < 1.29 is 19.4 Å². The molecule has 4 rings (SSSR count). The number of nitrogens with one attached hydrogen (secondary N) is 2. The molecule has 152 valence electrons. The van der Waals surface area contributed by atoms with Crippen LogP contribution in [0.3, 0.4) is 0 Å². The van der Waals surface area contributed by atoms with E-state index in [-0.39, 0.29) is 18.5 Å². The Morgan fingerprint density at radius 2 is 2.21 bits per heavy atom. The standard InChI is InChI=1S/C16H23N7O2.CH2O2/c1-22(2)13(24)4-12-6-23-5-10(3-11(23)7-25-12)21-16-14-15(18-8-17-14)19-9-20-16;2-1-3/h8-12H,3-7H2,1-2H3,(H2,17,18,19,20,21);1H,(H,2,3)/t10-,11+,12+;/m1./s1. The number of fused-ring (bicyclic) bond motifs is 2. The first-order valence-electron chi connectivity index (χ1n) is 9.06. The van der Waals surface area contributed by atoms with Gasteiger partial charge in [-0.15, -0.1) is 0 Å². The molecule has 2 aromatic rings. The lowest BCUT2D eigenvalue weighted by Crippen LogP contribution is -2.47. The number of rotatable bonds is 4. The number of carbonyl (C=O) groups excluding carboxylic acids is 1. The number of hydrogen-bond acceptors (Lipinski definition) is 8. The van der Waals surface area contributed by atoms with Crippen molar-refractivity contribution in [1.82, 2.24) is 29.7 Å². The number of carboxylic acid groups (broad SMARTS) is 1. The molecule has 0 aromatic carbocycles. The predicted molar refractivity (Wildman–Crippen MR) is 101 cm³/mol. The lowest BCUT2D eigenvalue weighted by atomic mass is 10.1. The molecule has 28 heavy (non-hydrogen) atoms. The quantitative estimate of drug-likeness (QED) is 0.604. The summed E-state index contributed by atoms with van der Waals surface area (Å²) in [7, 11) is 3.56. The molecule has 2 aliphatic rings. The fraction of sp³-hybridized carbons (Fsp3) is 0.588. The fourth-order valence-electron chi connectivity index (χ4n) is 3.62. The molecule has 0 aliphatic carbocycles. The van der Waals surface area contributed by atoms with Crippen molar-refractivity contribution in [3.05, 3.63) is 12.7 Å². The van der Waals surface area contributed by atoms with Crippen LogP contribution in [0, 0.1) is 0 Å². The third-order valence-electron chi connectivity index (χ3n) is 4.96. The summed E-state index contributed by atoms with van der Waals surface area (Å²) < 4.78 is 5.91. The van der Waals surface area contributed by atoms with Gasteiger partial charge in [0, 0.05) is 39.3 Å². The number of hydrogen-bond donors (Lipinski definition) is 3. The zero-order valence-corrected chi connectivity index (χ0v) is 15.9. The number of nitrogens with zero attached hydrogens (tertiary/aromatic N) is 5. The Hall–Kier alpha value is -2.79. The van der Waals surface area contributed by atoms with Crippen LogP contribution in [-0.2, 0) is 14.3 Å². The van der Waals surface area contributed by atoms with Gasteiger partial charge in [-0.1, -0.05) is 0 Å². The summed E-state index contributed by atoms with van der Waals surface area (Å²) >= 11 is 0. The van der Waals surface area contributed by atoms with Gasteiger partial charge < -0.3 is 25.0 Å². The molecule has 2 saturated heterocycles. The van der Waals surface area contributed by atoms with E-state index in [1.807, 2.05) is 0 Å². The first kappa shape index (κ1) is 20.0. The van der Waals surface area contributed by atoms with Crippen molar-refractivity contribution in [1.29, 1.82) is 0 Å². The molecular formula is C17H25N7O4. The Morgan fingerprint density at radius 1 is 1.43 bits per heavy atom. The highest BCUT2D eigenvalue weighted by atomic mass is 16.5. The lowest BCUT2D eigenvalue weighted by molar-refractivity contribution is -0.134. The van der Waals surface area contributed by atoms with Crippen LogP contribution < -0.4 is 5.32 Å². The normalized spacial score (nSPS) is 24.1. The molecule has 0 spiro atoms. The molecule has 0 radical (unpaired) electrons. The summed E-state index contributed by atoms with van der Waals surface area (Å²) in [5, 5.41) is 10.4. The van der Waals surface area contributed by atoms with E-state index in [0.29, 0.717) is 30.8 Å². The second kappa shape index (κ2) is 8.93. The van der Waals surface area contributed by atoms with Gasteiger partial charge in [-0.2, -0.15) is 0 Å². The third kappa shape index (κ3) is 4.54. The molecule has 1 amide bonds. The highest BCUT2D eigenvalue weighted by Gasteiger charge is 2.38. The molecular weight excluding hydrogens is 366 g/mol. The van der Waals surface area contributed by atoms with Gasteiger partial charge >= 0.3 is 0 Å². The summed E-state index contributed by atoms with van der Waals surface area (Å²) in [4.78, 5) is 40.0. The summed E-state index contributed by atoms with van der Waals surface area (Å²) in [6.45, 7) is 2.14. The van der Waals surface area contributed by atoms with E-state index in [9.17, 15) is 4.79 Å². The Balaban J connectivity index is 0.000000706. The van der Waals surface area contributed by atoms with E-state index in [0.717, 1.165) is 30.8 Å². The van der Waals surface area contributed by atoms with Gasteiger partial charge in [-0.25, -0.2) is 15.0 Å². The summed E-state index contributed by atoms with van der Waals surface area (Å²) in [5.74, 6) is 0.896. The molecule has 11 heteroatoms. The largest absolute Gasteiger partial charge is 0.483 e. The second-order valence-electron chi connectivity index (χ2n) is 7.06. The van der Waals surface area contributed by atoms with Crippen LogP contribution in [0.5, 0.6) is 0 Å². The zero-order valence-electron chi connectivity index (χ0n) is 15.9. The maximum Gasteiger partial charge on any atom is 0.290 e. The van der Waals surface area contributed by atoms with Gasteiger partial charge in [0.2, 0.25) is 5.91 Å². The number of ether oxygens (including phenoxy) is 1. The van der Waals surface area contributed by atoms with Crippen LogP contribution in [0.1, 0.15) is 12.8 Å². The van der Waals surface area contributed by atoms with Gasteiger partial charge in [0.1, 0.15) is 11.8 Å². The highest BCUT2D eigenvalue weighted by molar-refractivity contribution is 5.82. The Kier molecular flexibility index (Phi) is 6.37. The van der Waals surface area contributed by atoms with Gasteiger partial charge in [0.15, 0.2) is 11.5 Å². The highest BCUT2D eigenvalue weighted by Crippen LogP contribution is 2.27. The van der Waals surface area contributed by atoms with E-state index < -0.39 is 0 Å². The van der Waals surface area contributed by atoms with E-state index >= 15 is 0 Å². The zero-order chi connectivity index (χ0) is 20.1. The number of aromatic amines is 1. The molecule has 2 aromatic heterocycles. The Bertz CT molecular complexity index is 812. The van der Waals surface area contributed by atoms with Crippen LogP contribution in [-0.4, -0.2) is 99.2 Å². The molecule has 4 heterocycles. The number of anilines is 1. The smallest absolute Gasteiger partial charge is 0.290 e. The van der Waals surface area contributed by atoms with Gasteiger partial charge in [-0.05, 0) is 6.42 Å². The van der Waals surface area contributed by atoms with Crippen LogP contribution in [0.2, 0.25) is 0 Å². The van der Waals surface area contributed by atoms with Crippen molar-refractivity contribution >= 4 is 29.4 Å². The molecule has 0 saturated carbocycles. The first-order chi connectivity index (χ1) is 13.5. The number of aromatic nitrogens is 4. The monoisotopic (exact) mass is 391 g/mol. The van der Waals surface area contributed by atoms with Crippen molar-refractivity contribution in [2.75, 3.05) is 39.1 Å². The lowest BCUT2D eigenvalue weighted by Gasteiger charge is -2.35. The Morgan fingerprint density at radius 3 is 2.96 bits per heavy atom. The fourth-order valence-corrected chi connectivity index (χ4v) is 3.62. The van der Waals surface area contributed by atoms with E-state index in [2.05, 4.69) is 30.2 Å². The SMILES string of the molecule is CN(C)C(=O)C[C@H]1CN2C[C@H](Nc3ncnc4nc[nH]c34)C[C@H]2CO1.O=CO. The van der Waals surface area contributed by atoms with Crippen LogP contribution in [0.15, 0.2) is 12.7 Å². The number of amides is 1. The average molecular weight is 391 g/mol. The maximum absolute atomic E-state index is 11.9. The minimum atomic E-state index is -0.250. The Labute approximate surface area is 162 Å². The second-order valence-corrected chi connectivity index (χ2v) is 7.06. The number of morpholine rings is 1. The molecule has 2 aliphatic heterocycles. The van der Waals surface area contributed by atoms with E-state index in [1.165, 1.54) is 6.33 Å². The van der Waals surface area contributed by atoms with E-state index in [1.54, 1.807) is 25.3 Å². The van der Waals surface area contributed by atoms with E-state index in [4.69, 9.17) is 14.6 Å². The minimum absolute atomic E-state index is 0.0248. The summed E-state index contributed by atoms with van der Waals surface area (Å²) in [6.07, 6.45) is 4.56. The number of H-pyrrole nitrogens is 1. The molecule has 0 bridgehead atoms. The third-order valence-corrected chi connectivity index (χ3v) is 4.96. The van der Waals surface area contributed by atoms with Crippen LogP contribution in [0.25, 0.3) is 11.2 Å². The van der Waals surface area contributed by atoms with Gasteiger partial charge in [0.25, 0.3) is 6.47 Å². The van der Waals surface area contributed by atoms with Crippen LogP contribution >= 0.6 is 0 Å².